The molecule has 1 fully saturated rings. The van der Waals surface area contributed by atoms with Gasteiger partial charge in [0, 0.05) is 18.9 Å². The third kappa shape index (κ3) is 5.35. The molecule has 0 amide bonds. The minimum atomic E-state index is -0.579. The molecule has 5 atom stereocenters. The minimum absolute atomic E-state index is 0.221. The van der Waals surface area contributed by atoms with Gasteiger partial charge in [-0.1, -0.05) is 60.3 Å². The van der Waals surface area contributed by atoms with Crippen LogP contribution in [0.2, 0.25) is 0 Å². The second-order valence-corrected chi connectivity index (χ2v) is 7.85. The Balaban J connectivity index is 1.77. The largest absolute Gasteiger partial charge is 0.456 e. The van der Waals surface area contributed by atoms with Crippen LogP contribution in [0.15, 0.2) is 65.6 Å². The van der Waals surface area contributed by atoms with Crippen molar-refractivity contribution in [2.45, 2.75) is 55.2 Å². The van der Waals surface area contributed by atoms with Gasteiger partial charge < -0.3 is 18.9 Å². The fourth-order valence-electron chi connectivity index (χ4n) is 3.28. The summed E-state index contributed by atoms with van der Waals surface area (Å²) in [5.41, 5.74) is 0.678. The second-order valence-electron chi connectivity index (χ2n) is 6.68. The molecule has 1 aliphatic rings. The highest BCUT2D eigenvalue weighted by Crippen LogP contribution is 2.37. The average Bonchev–Trinajstić information content (AvgIpc) is 2.70. The zero-order valence-corrected chi connectivity index (χ0v) is 17.1. The molecule has 2 aromatic rings. The van der Waals surface area contributed by atoms with E-state index in [0.29, 0.717) is 6.61 Å². The lowest BCUT2D eigenvalue weighted by Crippen LogP contribution is -2.58. The number of methoxy groups -OCH3 is 1. The maximum Gasteiger partial charge on any atom is 0.303 e. The molecule has 0 aliphatic carbocycles. The predicted molar refractivity (Wildman–Crippen MR) is 108 cm³/mol. The van der Waals surface area contributed by atoms with Gasteiger partial charge in [0.25, 0.3) is 0 Å². The summed E-state index contributed by atoms with van der Waals surface area (Å²) in [6.45, 7) is 3.79. The number of thioether (sulfide) groups is 1. The van der Waals surface area contributed by atoms with Gasteiger partial charge in [-0.3, -0.25) is 4.79 Å². The Morgan fingerprint density at radius 3 is 2.25 bits per heavy atom. The highest BCUT2D eigenvalue weighted by Gasteiger charge is 2.47. The number of rotatable bonds is 7. The number of benzene rings is 2. The highest BCUT2D eigenvalue weighted by molar-refractivity contribution is 7.99. The van der Waals surface area contributed by atoms with Gasteiger partial charge in [0.15, 0.2) is 6.10 Å². The zero-order chi connectivity index (χ0) is 19.9. The highest BCUT2D eigenvalue weighted by atomic mass is 32.2. The van der Waals surface area contributed by atoms with Crippen LogP contribution in [0.5, 0.6) is 0 Å². The summed E-state index contributed by atoms with van der Waals surface area (Å²) in [6, 6.07) is 19.8. The maximum atomic E-state index is 11.8. The number of carbonyl (C=O) groups is 1. The summed E-state index contributed by atoms with van der Waals surface area (Å²) < 4.78 is 23.7. The average molecular weight is 403 g/mol. The predicted octanol–water partition coefficient (Wildman–Crippen LogP) is 4.06. The Hall–Kier alpha value is -1.86. The summed E-state index contributed by atoms with van der Waals surface area (Å²) in [5, 5.41) is 0. The normalized spacial score (nSPS) is 27.3. The lowest BCUT2D eigenvalue weighted by molar-refractivity contribution is -0.229. The van der Waals surface area contributed by atoms with Gasteiger partial charge in [-0.05, 0) is 24.6 Å². The van der Waals surface area contributed by atoms with Gasteiger partial charge in [0.05, 0.1) is 12.7 Å². The van der Waals surface area contributed by atoms with Crippen molar-refractivity contribution in [2.24, 2.45) is 0 Å². The van der Waals surface area contributed by atoms with Crippen molar-refractivity contribution >= 4 is 17.7 Å². The van der Waals surface area contributed by atoms with Crippen molar-refractivity contribution in [3.63, 3.8) is 0 Å². The van der Waals surface area contributed by atoms with Crippen molar-refractivity contribution < 1.29 is 23.7 Å². The quantitative estimate of drug-likeness (QED) is 0.651. The van der Waals surface area contributed by atoms with E-state index in [4.69, 9.17) is 18.9 Å². The lowest BCUT2D eigenvalue weighted by Gasteiger charge is -2.44. The van der Waals surface area contributed by atoms with Crippen LogP contribution in [-0.4, -0.2) is 42.9 Å². The molecule has 1 saturated heterocycles. The van der Waals surface area contributed by atoms with E-state index >= 15 is 0 Å². The van der Waals surface area contributed by atoms with Gasteiger partial charge in [-0.2, -0.15) is 0 Å². The smallest absolute Gasteiger partial charge is 0.303 e. The maximum absolute atomic E-state index is 11.8. The van der Waals surface area contributed by atoms with Crippen LogP contribution in [0, 0.1) is 0 Å². The Morgan fingerprint density at radius 1 is 1.00 bits per heavy atom. The first-order valence-electron chi connectivity index (χ1n) is 9.31. The molecule has 150 valence electrons. The number of ether oxygens (including phenoxy) is 4. The Morgan fingerprint density at radius 2 is 1.64 bits per heavy atom. The van der Waals surface area contributed by atoms with Crippen molar-refractivity contribution in [3.05, 3.63) is 66.2 Å². The first kappa shape index (κ1) is 20.9. The van der Waals surface area contributed by atoms with Crippen molar-refractivity contribution in [3.8, 4) is 0 Å². The molecule has 2 aromatic carbocycles. The molecule has 3 rings (SSSR count). The molecular formula is C22H26O5S. The minimum Gasteiger partial charge on any atom is -0.456 e. The number of hydrogen-bond acceptors (Lipinski definition) is 6. The van der Waals surface area contributed by atoms with Crippen molar-refractivity contribution in [1.82, 2.24) is 0 Å². The van der Waals surface area contributed by atoms with Crippen LogP contribution >= 0.6 is 11.8 Å². The van der Waals surface area contributed by atoms with E-state index in [0.717, 1.165) is 10.5 Å². The van der Waals surface area contributed by atoms with Crippen molar-refractivity contribution in [2.75, 3.05) is 7.11 Å². The van der Waals surface area contributed by atoms with Gasteiger partial charge in [0.1, 0.15) is 17.6 Å². The van der Waals surface area contributed by atoms with E-state index < -0.39 is 12.2 Å². The molecule has 0 aromatic heterocycles. The molecule has 5 nitrogen and oxygen atoms in total. The van der Waals surface area contributed by atoms with Gasteiger partial charge in [-0.15, -0.1) is 0 Å². The van der Waals surface area contributed by atoms with E-state index in [9.17, 15) is 4.79 Å². The third-order valence-corrected chi connectivity index (χ3v) is 5.74. The first-order valence-corrected chi connectivity index (χ1v) is 10.2. The van der Waals surface area contributed by atoms with E-state index in [1.807, 2.05) is 67.6 Å². The van der Waals surface area contributed by atoms with Crippen LogP contribution < -0.4 is 0 Å². The Labute approximate surface area is 170 Å². The second kappa shape index (κ2) is 10.1. The van der Waals surface area contributed by atoms with Crippen LogP contribution in [0.25, 0.3) is 0 Å². The molecule has 28 heavy (non-hydrogen) atoms. The van der Waals surface area contributed by atoms with Crippen LogP contribution in [0.4, 0.5) is 0 Å². The van der Waals surface area contributed by atoms with E-state index in [1.165, 1.54) is 18.7 Å². The molecule has 0 bridgehead atoms. The first-order chi connectivity index (χ1) is 13.6. The van der Waals surface area contributed by atoms with E-state index in [1.54, 1.807) is 7.11 Å². The Kier molecular flexibility index (Phi) is 7.50. The molecule has 0 N–H and O–H groups in total. The van der Waals surface area contributed by atoms with Crippen molar-refractivity contribution in [1.29, 1.82) is 0 Å². The molecule has 0 spiro atoms. The van der Waals surface area contributed by atoms with E-state index in [-0.39, 0.29) is 23.6 Å². The standard InChI is InChI=1S/C22H26O5S/c1-15-19(25-14-17-10-6-4-7-11-17)20(24-3)21(27-16(2)23)22(26-15)28-18-12-8-5-9-13-18/h4-13,15,19-22H,14H2,1-3H3/t15-,19-,20+,21+,22-/m0/s1. The molecule has 0 unspecified atom stereocenters. The third-order valence-electron chi connectivity index (χ3n) is 4.58. The van der Waals surface area contributed by atoms with Crippen LogP contribution in [0.1, 0.15) is 19.4 Å². The summed E-state index contributed by atoms with van der Waals surface area (Å²) in [6.07, 6.45) is -1.59. The molecule has 0 radical (unpaired) electrons. The summed E-state index contributed by atoms with van der Waals surface area (Å²) >= 11 is 1.52. The van der Waals surface area contributed by atoms with Gasteiger partial charge in [-0.25, -0.2) is 0 Å². The van der Waals surface area contributed by atoms with Crippen LogP contribution in [0.3, 0.4) is 0 Å². The molecule has 6 heteroatoms. The summed E-state index contributed by atoms with van der Waals surface area (Å²) in [7, 11) is 1.61. The van der Waals surface area contributed by atoms with Gasteiger partial charge in [0.2, 0.25) is 0 Å². The molecule has 1 heterocycles. The number of carbonyl (C=O) groups excluding carboxylic acids is 1. The summed E-state index contributed by atoms with van der Waals surface area (Å²) in [5.74, 6) is -0.370. The summed E-state index contributed by atoms with van der Waals surface area (Å²) in [4.78, 5) is 12.8. The fourth-order valence-corrected chi connectivity index (χ4v) is 4.44. The monoisotopic (exact) mass is 402 g/mol. The molecule has 1 aliphatic heterocycles. The Bertz CT molecular complexity index is 739. The van der Waals surface area contributed by atoms with E-state index in [2.05, 4.69) is 0 Å². The van der Waals surface area contributed by atoms with Crippen LogP contribution in [-0.2, 0) is 30.3 Å². The zero-order valence-electron chi connectivity index (χ0n) is 16.3. The topological polar surface area (TPSA) is 54.0 Å². The molecular weight excluding hydrogens is 376 g/mol. The number of esters is 1. The van der Waals surface area contributed by atoms with Gasteiger partial charge >= 0.3 is 5.97 Å². The molecule has 0 saturated carbocycles. The SMILES string of the molecule is CO[C@@H]1[C@@H](OCc2ccccc2)[C@H](C)O[C@@H](Sc2ccccc2)[C@@H]1OC(C)=O. The number of hydrogen-bond donors (Lipinski definition) is 0. The lowest BCUT2D eigenvalue weighted by atomic mass is 10.00. The fraction of sp³-hybridized carbons (Fsp3) is 0.409.